The number of para-hydroxylation sites is 1. The zero-order valence-electron chi connectivity index (χ0n) is 9.61. The summed E-state index contributed by atoms with van der Waals surface area (Å²) in [6.45, 7) is 0. The summed E-state index contributed by atoms with van der Waals surface area (Å²) in [7, 11) is 0. The second kappa shape index (κ2) is 4.73. The van der Waals surface area contributed by atoms with Gasteiger partial charge in [-0.25, -0.2) is 9.78 Å². The second-order valence-corrected chi connectivity index (χ2v) is 3.58. The van der Waals surface area contributed by atoms with Gasteiger partial charge in [-0.05, 0) is 18.2 Å². The lowest BCUT2D eigenvalue weighted by molar-refractivity contribution is 0.387. The van der Waals surface area contributed by atoms with Gasteiger partial charge in [0.2, 0.25) is 5.82 Å². The number of hydrogen-bond donors (Lipinski definition) is 1. The van der Waals surface area contributed by atoms with Crippen LogP contribution >= 0.6 is 0 Å². The molecule has 0 radical (unpaired) electrons. The number of nitrogens with one attached hydrogen (secondary N) is 1. The number of ether oxygens (including phenoxy) is 1. The highest BCUT2D eigenvalue weighted by molar-refractivity contribution is 5.47. The lowest BCUT2D eigenvalue weighted by Gasteiger charge is -2.03. The molecule has 0 fully saturated rings. The minimum Gasteiger partial charge on any atom is -0.424 e. The minimum absolute atomic E-state index is 0.160. The molecule has 0 spiro atoms. The lowest BCUT2D eigenvalue weighted by Crippen LogP contribution is -1.97. The summed E-state index contributed by atoms with van der Waals surface area (Å²) in [4.78, 5) is 21.4. The number of nitrogens with zero attached hydrogens (tertiary/aromatic N) is 3. The minimum atomic E-state index is -0.640. The van der Waals surface area contributed by atoms with E-state index in [1.54, 1.807) is 18.2 Å². The summed E-state index contributed by atoms with van der Waals surface area (Å²) in [5.74, 6) is 0.206. The monoisotopic (exact) mass is 256 g/mol. The number of hydrogen-bond acceptors (Lipinski definition) is 6. The third-order valence-corrected chi connectivity index (χ3v) is 2.27. The Bertz CT molecular complexity index is 736. The van der Waals surface area contributed by atoms with Crippen molar-refractivity contribution in [2.24, 2.45) is 0 Å². The van der Waals surface area contributed by atoms with Crippen LogP contribution in [0.2, 0.25) is 0 Å². The van der Waals surface area contributed by atoms with E-state index >= 15 is 0 Å². The number of H-pyrrole nitrogens is 1. The number of aromatic nitrogens is 4. The first-order valence-corrected chi connectivity index (χ1v) is 5.43. The van der Waals surface area contributed by atoms with Crippen molar-refractivity contribution in [2.75, 3.05) is 0 Å². The van der Waals surface area contributed by atoms with E-state index in [-0.39, 0.29) is 11.8 Å². The Balaban J connectivity index is 1.90. The fraction of sp³-hybridized carbons (Fsp3) is 0. The van der Waals surface area contributed by atoms with Gasteiger partial charge in [0.15, 0.2) is 0 Å². The van der Waals surface area contributed by atoms with Crippen LogP contribution in [0.4, 0.5) is 0 Å². The molecule has 19 heavy (non-hydrogen) atoms. The van der Waals surface area contributed by atoms with Gasteiger partial charge in [-0.15, -0.1) is 0 Å². The summed E-state index contributed by atoms with van der Waals surface area (Å²) < 4.78 is 9.89. The molecule has 0 aliphatic heterocycles. The van der Waals surface area contributed by atoms with Gasteiger partial charge in [-0.3, -0.25) is 9.51 Å². The summed E-state index contributed by atoms with van der Waals surface area (Å²) in [6.07, 6.45) is 1.51. The Morgan fingerprint density at radius 2 is 2.00 bits per heavy atom. The van der Waals surface area contributed by atoms with E-state index in [1.807, 2.05) is 18.2 Å². The molecule has 3 aromatic rings. The summed E-state index contributed by atoms with van der Waals surface area (Å²) in [6, 6.07) is 10.9. The molecule has 0 aliphatic rings. The average molecular weight is 256 g/mol. The van der Waals surface area contributed by atoms with Gasteiger partial charge in [0.25, 0.3) is 0 Å². The van der Waals surface area contributed by atoms with Gasteiger partial charge in [0.05, 0.1) is 0 Å². The molecular formula is C12H8N4O3. The van der Waals surface area contributed by atoms with E-state index < -0.39 is 5.76 Å². The normalized spacial score (nSPS) is 10.3. The van der Waals surface area contributed by atoms with Gasteiger partial charge < -0.3 is 4.74 Å². The lowest BCUT2D eigenvalue weighted by atomic mass is 10.3. The smallest absolute Gasteiger partial charge is 0.424 e. The first-order chi connectivity index (χ1) is 9.31. The van der Waals surface area contributed by atoms with Crippen molar-refractivity contribution in [3.63, 3.8) is 0 Å². The van der Waals surface area contributed by atoms with Gasteiger partial charge in [0, 0.05) is 6.20 Å². The summed E-state index contributed by atoms with van der Waals surface area (Å²) in [5.41, 5.74) is 0.409. The molecule has 7 heteroatoms. The SMILES string of the molecule is O=c1[nH]c(-c2ccnc(Oc3ccccc3)n2)no1. The van der Waals surface area contributed by atoms with Gasteiger partial charge in [-0.1, -0.05) is 23.4 Å². The zero-order valence-corrected chi connectivity index (χ0v) is 9.61. The van der Waals surface area contributed by atoms with Crippen LogP contribution in [-0.4, -0.2) is 20.1 Å². The second-order valence-electron chi connectivity index (χ2n) is 3.58. The standard InChI is InChI=1S/C12H8N4O3/c17-12-15-10(16-19-12)9-6-7-13-11(14-9)18-8-4-2-1-3-5-8/h1-7H,(H,15,16,17). The molecule has 0 amide bonds. The molecule has 0 unspecified atom stereocenters. The molecule has 0 bridgehead atoms. The van der Waals surface area contributed by atoms with Crippen LogP contribution in [0.3, 0.4) is 0 Å². The Morgan fingerprint density at radius 1 is 1.16 bits per heavy atom. The van der Waals surface area contributed by atoms with E-state index in [0.717, 1.165) is 0 Å². The zero-order chi connectivity index (χ0) is 13.1. The molecule has 7 nitrogen and oxygen atoms in total. The molecule has 2 aromatic heterocycles. The fourth-order valence-electron chi connectivity index (χ4n) is 1.46. The van der Waals surface area contributed by atoms with Crippen LogP contribution in [0.5, 0.6) is 11.8 Å². The fourth-order valence-corrected chi connectivity index (χ4v) is 1.46. The van der Waals surface area contributed by atoms with E-state index in [4.69, 9.17) is 4.74 Å². The van der Waals surface area contributed by atoms with Crippen LogP contribution in [0.1, 0.15) is 0 Å². The van der Waals surface area contributed by atoms with Crippen molar-refractivity contribution >= 4 is 0 Å². The highest BCUT2D eigenvalue weighted by Crippen LogP contribution is 2.18. The van der Waals surface area contributed by atoms with Crippen molar-refractivity contribution < 1.29 is 9.26 Å². The predicted octanol–water partition coefficient (Wildman–Crippen LogP) is 1.61. The van der Waals surface area contributed by atoms with E-state index in [0.29, 0.717) is 11.4 Å². The Morgan fingerprint density at radius 3 is 2.74 bits per heavy atom. The van der Waals surface area contributed by atoms with Crippen molar-refractivity contribution in [2.45, 2.75) is 0 Å². The molecule has 1 N–H and O–H groups in total. The molecule has 94 valence electrons. The van der Waals surface area contributed by atoms with Crippen LogP contribution in [0, 0.1) is 0 Å². The molecule has 0 saturated carbocycles. The Kier molecular flexibility index (Phi) is 2.77. The van der Waals surface area contributed by atoms with Crippen molar-refractivity contribution in [1.29, 1.82) is 0 Å². The van der Waals surface area contributed by atoms with Crippen molar-refractivity contribution in [3.05, 3.63) is 53.1 Å². The van der Waals surface area contributed by atoms with Crippen LogP contribution in [-0.2, 0) is 0 Å². The van der Waals surface area contributed by atoms with Gasteiger partial charge in [-0.2, -0.15) is 4.98 Å². The predicted molar refractivity (Wildman–Crippen MR) is 64.7 cm³/mol. The van der Waals surface area contributed by atoms with Crippen molar-refractivity contribution in [1.82, 2.24) is 20.1 Å². The number of aromatic amines is 1. The van der Waals surface area contributed by atoms with E-state index in [1.165, 1.54) is 6.20 Å². The van der Waals surface area contributed by atoms with E-state index in [9.17, 15) is 4.79 Å². The molecular weight excluding hydrogens is 248 g/mol. The molecule has 0 saturated heterocycles. The molecule has 3 rings (SSSR count). The van der Waals surface area contributed by atoms with Crippen LogP contribution in [0.25, 0.3) is 11.5 Å². The summed E-state index contributed by atoms with van der Waals surface area (Å²) in [5, 5.41) is 3.55. The Labute approximate surface area is 106 Å². The first kappa shape index (κ1) is 11.1. The maximum atomic E-state index is 10.9. The van der Waals surface area contributed by atoms with Crippen molar-refractivity contribution in [3.8, 4) is 23.3 Å². The molecule has 1 aromatic carbocycles. The topological polar surface area (TPSA) is 93.9 Å². The van der Waals surface area contributed by atoms with Crippen LogP contribution < -0.4 is 10.5 Å². The third kappa shape index (κ3) is 2.49. The van der Waals surface area contributed by atoms with Gasteiger partial charge in [0.1, 0.15) is 11.4 Å². The Hall–Kier alpha value is -2.96. The molecule has 2 heterocycles. The number of benzene rings is 1. The maximum Gasteiger partial charge on any atom is 0.439 e. The summed E-state index contributed by atoms with van der Waals surface area (Å²) >= 11 is 0. The van der Waals surface area contributed by atoms with Gasteiger partial charge >= 0.3 is 11.8 Å². The average Bonchev–Trinajstić information content (AvgIpc) is 2.87. The molecule has 0 aliphatic carbocycles. The number of rotatable bonds is 3. The highest BCUT2D eigenvalue weighted by atomic mass is 16.5. The highest BCUT2D eigenvalue weighted by Gasteiger charge is 2.08. The van der Waals surface area contributed by atoms with E-state index in [2.05, 4.69) is 24.6 Å². The quantitative estimate of drug-likeness (QED) is 0.765. The maximum absolute atomic E-state index is 10.9. The molecule has 0 atom stereocenters. The third-order valence-electron chi connectivity index (χ3n) is 2.27. The largest absolute Gasteiger partial charge is 0.439 e. The van der Waals surface area contributed by atoms with Crippen LogP contribution in [0.15, 0.2) is 51.9 Å². The first-order valence-electron chi connectivity index (χ1n) is 5.43.